The molecule has 7 nitrogen and oxygen atoms in total. The molecule has 1 fully saturated rings. The molecule has 1 saturated heterocycles. The molecule has 0 radical (unpaired) electrons. The van der Waals surface area contributed by atoms with Crippen LogP contribution >= 0.6 is 11.6 Å². The van der Waals surface area contributed by atoms with Crippen LogP contribution in [0.5, 0.6) is 11.5 Å². The highest BCUT2D eigenvalue weighted by molar-refractivity contribution is 6.51. The summed E-state index contributed by atoms with van der Waals surface area (Å²) in [6.07, 6.45) is 1.57. The van der Waals surface area contributed by atoms with Gasteiger partial charge in [-0.1, -0.05) is 17.7 Å². The molecule has 1 aromatic heterocycles. The van der Waals surface area contributed by atoms with E-state index in [1.807, 2.05) is 13.8 Å². The van der Waals surface area contributed by atoms with Gasteiger partial charge < -0.3 is 14.6 Å². The van der Waals surface area contributed by atoms with Crippen molar-refractivity contribution >= 4 is 34.7 Å². The van der Waals surface area contributed by atoms with Crippen LogP contribution in [-0.4, -0.2) is 35.0 Å². The standard InChI is InChI=1S/C26H23ClN2O5/c1-3-33-18-11-9-17(10-12-18)29-23(20-7-5-6-14-28-20)22(25(31)26(29)32)24(30)16-8-13-19(27)21(15-16)34-4-2/h5-15,23,30H,3-4H2,1-2H3/b24-22-. The second kappa shape index (κ2) is 9.97. The molecule has 174 valence electrons. The number of ether oxygens (including phenoxy) is 2. The number of aliphatic hydroxyl groups excluding tert-OH is 1. The Hall–Kier alpha value is -3.84. The van der Waals surface area contributed by atoms with E-state index < -0.39 is 17.7 Å². The molecule has 0 saturated carbocycles. The number of nitrogens with zero attached hydrogens (tertiary/aromatic N) is 2. The van der Waals surface area contributed by atoms with E-state index in [4.69, 9.17) is 21.1 Å². The number of hydrogen-bond acceptors (Lipinski definition) is 6. The summed E-state index contributed by atoms with van der Waals surface area (Å²) in [5.74, 6) is -0.902. The molecule has 2 heterocycles. The van der Waals surface area contributed by atoms with E-state index in [-0.39, 0.29) is 11.3 Å². The fraction of sp³-hybridized carbons (Fsp3) is 0.192. The van der Waals surface area contributed by atoms with Crippen LogP contribution in [-0.2, 0) is 9.59 Å². The van der Waals surface area contributed by atoms with Crippen molar-refractivity contribution in [3.05, 3.63) is 88.7 Å². The van der Waals surface area contributed by atoms with Crippen molar-refractivity contribution in [1.82, 2.24) is 4.98 Å². The van der Waals surface area contributed by atoms with Crippen molar-refractivity contribution in [3.63, 3.8) is 0 Å². The van der Waals surface area contributed by atoms with E-state index in [1.165, 1.54) is 4.90 Å². The Morgan fingerprint density at radius 2 is 1.76 bits per heavy atom. The van der Waals surface area contributed by atoms with Crippen molar-refractivity contribution < 1.29 is 24.2 Å². The predicted molar refractivity (Wildman–Crippen MR) is 129 cm³/mol. The summed E-state index contributed by atoms with van der Waals surface area (Å²) in [4.78, 5) is 32.1. The van der Waals surface area contributed by atoms with Crippen molar-refractivity contribution in [2.45, 2.75) is 19.9 Å². The Labute approximate surface area is 202 Å². The van der Waals surface area contributed by atoms with Crippen molar-refractivity contribution in [3.8, 4) is 11.5 Å². The van der Waals surface area contributed by atoms with Gasteiger partial charge in [-0.3, -0.25) is 19.5 Å². The number of pyridine rings is 1. The van der Waals surface area contributed by atoms with Crippen molar-refractivity contribution in [1.29, 1.82) is 0 Å². The monoisotopic (exact) mass is 478 g/mol. The second-order valence-electron chi connectivity index (χ2n) is 7.43. The minimum Gasteiger partial charge on any atom is -0.507 e. The van der Waals surface area contributed by atoms with Gasteiger partial charge >= 0.3 is 0 Å². The number of Topliss-reactive ketones (excluding diaryl/α,β-unsaturated/α-hetero) is 1. The zero-order chi connectivity index (χ0) is 24.2. The molecule has 1 amide bonds. The van der Waals surface area contributed by atoms with Crippen molar-refractivity contribution in [2.75, 3.05) is 18.1 Å². The molecule has 0 bridgehead atoms. The number of rotatable bonds is 7. The van der Waals surface area contributed by atoms with Gasteiger partial charge in [-0.15, -0.1) is 0 Å². The lowest BCUT2D eigenvalue weighted by molar-refractivity contribution is -0.132. The predicted octanol–water partition coefficient (Wildman–Crippen LogP) is 5.16. The first-order valence-corrected chi connectivity index (χ1v) is 11.2. The van der Waals surface area contributed by atoms with Gasteiger partial charge in [-0.25, -0.2) is 0 Å². The Morgan fingerprint density at radius 3 is 2.41 bits per heavy atom. The number of ketones is 1. The van der Waals surface area contributed by atoms with E-state index in [2.05, 4.69) is 4.98 Å². The van der Waals surface area contributed by atoms with Crippen LogP contribution in [0.25, 0.3) is 5.76 Å². The molecule has 3 aromatic rings. The maximum absolute atomic E-state index is 13.2. The van der Waals surface area contributed by atoms with Crippen LogP contribution in [0.3, 0.4) is 0 Å². The number of aliphatic hydroxyl groups is 1. The Bertz CT molecular complexity index is 1240. The molecule has 0 aliphatic carbocycles. The molecule has 8 heteroatoms. The van der Waals surface area contributed by atoms with E-state index in [0.717, 1.165) is 0 Å². The van der Waals surface area contributed by atoms with Crippen molar-refractivity contribution in [2.24, 2.45) is 0 Å². The van der Waals surface area contributed by atoms with E-state index in [1.54, 1.807) is 66.9 Å². The SMILES string of the molecule is CCOc1ccc(N2C(=O)C(=O)/C(=C(\O)c3ccc(Cl)c(OCC)c3)C2c2ccccn2)cc1. The number of hydrogen-bond donors (Lipinski definition) is 1. The highest BCUT2D eigenvalue weighted by atomic mass is 35.5. The molecule has 4 rings (SSSR count). The van der Waals surface area contributed by atoms with Crippen LogP contribution in [0.2, 0.25) is 5.02 Å². The average Bonchev–Trinajstić information content (AvgIpc) is 3.12. The Balaban J connectivity index is 1.87. The number of anilines is 1. The summed E-state index contributed by atoms with van der Waals surface area (Å²) >= 11 is 6.18. The first-order valence-electron chi connectivity index (χ1n) is 10.8. The van der Waals surface area contributed by atoms with Gasteiger partial charge in [0.2, 0.25) is 0 Å². The molecule has 1 aliphatic rings. The fourth-order valence-electron chi connectivity index (χ4n) is 3.86. The van der Waals surface area contributed by atoms with Crippen LogP contribution in [0.4, 0.5) is 5.69 Å². The van der Waals surface area contributed by atoms with Crippen LogP contribution in [0.15, 0.2) is 72.4 Å². The summed E-state index contributed by atoms with van der Waals surface area (Å²) in [6.45, 7) is 4.57. The minimum atomic E-state index is -0.926. The third-order valence-corrected chi connectivity index (χ3v) is 5.65. The lowest BCUT2D eigenvalue weighted by Crippen LogP contribution is -2.29. The number of halogens is 1. The van der Waals surface area contributed by atoms with E-state index in [0.29, 0.717) is 46.7 Å². The van der Waals surface area contributed by atoms with Gasteiger partial charge in [-0.2, -0.15) is 0 Å². The first kappa shape index (κ1) is 23.3. The van der Waals surface area contributed by atoms with Gasteiger partial charge in [0.05, 0.1) is 29.5 Å². The van der Waals surface area contributed by atoms with Crippen LogP contribution in [0.1, 0.15) is 31.1 Å². The Morgan fingerprint density at radius 1 is 1.03 bits per heavy atom. The smallest absolute Gasteiger partial charge is 0.300 e. The molecule has 1 atom stereocenters. The van der Waals surface area contributed by atoms with Gasteiger partial charge in [0.15, 0.2) is 0 Å². The second-order valence-corrected chi connectivity index (χ2v) is 7.84. The first-order chi connectivity index (χ1) is 16.5. The zero-order valence-corrected chi connectivity index (χ0v) is 19.5. The zero-order valence-electron chi connectivity index (χ0n) is 18.7. The number of carbonyl (C=O) groups excluding carboxylic acids is 2. The third kappa shape index (κ3) is 4.34. The maximum Gasteiger partial charge on any atom is 0.300 e. The summed E-state index contributed by atoms with van der Waals surface area (Å²) in [7, 11) is 0. The van der Waals surface area contributed by atoms with Gasteiger partial charge in [0.25, 0.3) is 11.7 Å². The lowest BCUT2D eigenvalue weighted by atomic mass is 9.98. The Kier molecular flexibility index (Phi) is 6.84. The largest absolute Gasteiger partial charge is 0.507 e. The van der Waals surface area contributed by atoms with E-state index in [9.17, 15) is 14.7 Å². The van der Waals surface area contributed by atoms with Gasteiger partial charge in [0, 0.05) is 17.4 Å². The van der Waals surface area contributed by atoms with Crippen LogP contribution < -0.4 is 14.4 Å². The average molecular weight is 479 g/mol. The molecule has 1 aliphatic heterocycles. The summed E-state index contributed by atoms with van der Waals surface area (Å²) in [5, 5.41) is 11.6. The highest BCUT2D eigenvalue weighted by Crippen LogP contribution is 2.42. The normalized spacial score (nSPS) is 17.1. The minimum absolute atomic E-state index is 0.0673. The summed E-state index contributed by atoms with van der Waals surface area (Å²) in [6, 6.07) is 15.8. The molecule has 1 unspecified atom stereocenters. The van der Waals surface area contributed by atoms with E-state index >= 15 is 0 Å². The highest BCUT2D eigenvalue weighted by Gasteiger charge is 2.47. The quantitative estimate of drug-likeness (QED) is 0.286. The molecule has 1 N–H and O–H groups in total. The van der Waals surface area contributed by atoms with Crippen LogP contribution in [0, 0.1) is 0 Å². The molecule has 2 aromatic carbocycles. The molecular weight excluding hydrogens is 456 g/mol. The number of benzene rings is 2. The third-order valence-electron chi connectivity index (χ3n) is 5.34. The maximum atomic E-state index is 13.2. The number of amides is 1. The number of carbonyl (C=O) groups is 2. The molecule has 34 heavy (non-hydrogen) atoms. The molecule has 0 spiro atoms. The lowest BCUT2D eigenvalue weighted by Gasteiger charge is -2.24. The number of aromatic nitrogens is 1. The summed E-state index contributed by atoms with van der Waals surface area (Å²) < 4.78 is 11.0. The van der Waals surface area contributed by atoms with Gasteiger partial charge in [-0.05, 0) is 68.4 Å². The van der Waals surface area contributed by atoms with Gasteiger partial charge in [0.1, 0.15) is 23.3 Å². The fourth-order valence-corrected chi connectivity index (χ4v) is 4.03. The topological polar surface area (TPSA) is 89.0 Å². The summed E-state index contributed by atoms with van der Waals surface area (Å²) in [5.41, 5.74) is 1.16. The molecular formula is C26H23ClN2O5.